The van der Waals surface area contributed by atoms with Gasteiger partial charge in [-0.2, -0.15) is 10.1 Å². The second-order valence-corrected chi connectivity index (χ2v) is 9.14. The van der Waals surface area contributed by atoms with Gasteiger partial charge >= 0.3 is 0 Å². The van der Waals surface area contributed by atoms with Crippen LogP contribution >= 0.6 is 11.3 Å². The lowest BCUT2D eigenvalue weighted by Gasteiger charge is -2.27. The van der Waals surface area contributed by atoms with E-state index in [1.165, 1.54) is 5.57 Å². The van der Waals surface area contributed by atoms with Crippen molar-refractivity contribution in [3.63, 3.8) is 0 Å². The van der Waals surface area contributed by atoms with Crippen molar-refractivity contribution >= 4 is 40.6 Å². The van der Waals surface area contributed by atoms with E-state index in [0.717, 1.165) is 34.5 Å². The third kappa shape index (κ3) is 5.99. The lowest BCUT2D eigenvalue weighted by atomic mass is 10.1. The zero-order valence-corrected chi connectivity index (χ0v) is 20.5. The third-order valence-corrected chi connectivity index (χ3v) is 6.37. The van der Waals surface area contributed by atoms with Crippen LogP contribution in [0.15, 0.2) is 70.8 Å². The third-order valence-electron chi connectivity index (χ3n) is 5.55. The molecular weight excluding hydrogens is 479 g/mol. The van der Waals surface area contributed by atoms with Crippen molar-refractivity contribution in [3.05, 3.63) is 82.1 Å². The maximum Gasteiger partial charge on any atom is 0.245 e. The fraction of sp³-hybridized carbons (Fsp3) is 0.240. The molecule has 3 aromatic rings. The molecule has 0 spiro atoms. The zero-order valence-electron chi connectivity index (χ0n) is 19.7. The highest BCUT2D eigenvalue weighted by Crippen LogP contribution is 2.27. The van der Waals surface area contributed by atoms with E-state index < -0.39 is 5.82 Å². The van der Waals surface area contributed by atoms with Crippen LogP contribution in [0.1, 0.15) is 23.9 Å². The molecule has 0 saturated carbocycles. The number of hydrogen-bond donors (Lipinski definition) is 2. The predicted octanol–water partition coefficient (Wildman–Crippen LogP) is 4.48. The van der Waals surface area contributed by atoms with Gasteiger partial charge in [0.15, 0.2) is 11.6 Å². The Morgan fingerprint density at radius 2 is 2.03 bits per heavy atom. The SMILES string of the molecule is CC1=CC(Nc2ccc(/C=N/Nc3ncc(F)c(N4CCOCC4)n3)nc2)=CC(c2cncs2)=CC1. The molecule has 0 radical (unpaired) electrons. The molecule has 9 nitrogen and oxygen atoms in total. The highest BCUT2D eigenvalue weighted by molar-refractivity contribution is 7.10. The molecule has 0 unspecified atom stereocenters. The molecule has 1 aliphatic carbocycles. The monoisotopic (exact) mass is 504 g/mol. The molecule has 11 heteroatoms. The first-order chi connectivity index (χ1) is 17.6. The first-order valence-electron chi connectivity index (χ1n) is 11.5. The number of morpholine rings is 1. The van der Waals surface area contributed by atoms with Gasteiger partial charge in [0.25, 0.3) is 0 Å². The zero-order chi connectivity index (χ0) is 24.7. The molecule has 5 rings (SSSR count). The second-order valence-electron chi connectivity index (χ2n) is 8.25. The normalized spacial score (nSPS) is 16.3. The van der Waals surface area contributed by atoms with Crippen LogP contribution < -0.4 is 15.6 Å². The Labute approximate surface area is 212 Å². The minimum atomic E-state index is -0.473. The Balaban J connectivity index is 1.22. The van der Waals surface area contributed by atoms with Crippen LogP contribution in [0.5, 0.6) is 0 Å². The Bertz CT molecular complexity index is 1310. The molecule has 1 saturated heterocycles. The number of anilines is 3. The molecule has 4 heterocycles. The Kier molecular flexibility index (Phi) is 7.39. The summed E-state index contributed by atoms with van der Waals surface area (Å²) in [4.78, 5) is 19.8. The largest absolute Gasteiger partial charge is 0.378 e. The minimum absolute atomic E-state index is 0.208. The van der Waals surface area contributed by atoms with Crippen LogP contribution in [0, 0.1) is 5.82 Å². The van der Waals surface area contributed by atoms with Gasteiger partial charge in [0.2, 0.25) is 5.95 Å². The molecule has 0 atom stereocenters. The highest BCUT2D eigenvalue weighted by Gasteiger charge is 2.17. The molecule has 1 fully saturated rings. The van der Waals surface area contributed by atoms with Gasteiger partial charge in [-0.05, 0) is 43.2 Å². The maximum absolute atomic E-state index is 14.2. The highest BCUT2D eigenvalue weighted by atomic mass is 32.1. The standard InChI is InChI=1S/C25H25FN8OS/c1-17-2-3-18(23-15-27-16-36-23)11-21(10-17)31-20-5-4-19(28-12-20)13-30-33-25-29-14-22(26)24(32-25)34-6-8-35-9-7-34/h3-5,10-16,31H,2,6-9H2,1H3,(H,29,32,33)/b30-13+. The van der Waals surface area contributed by atoms with E-state index in [1.807, 2.05) is 28.7 Å². The van der Waals surface area contributed by atoms with E-state index in [1.54, 1.807) is 23.7 Å². The minimum Gasteiger partial charge on any atom is -0.378 e. The van der Waals surface area contributed by atoms with Crippen molar-refractivity contribution in [2.45, 2.75) is 13.3 Å². The quantitative estimate of drug-likeness (QED) is 0.359. The van der Waals surface area contributed by atoms with Crippen molar-refractivity contribution in [2.75, 3.05) is 41.9 Å². The van der Waals surface area contributed by atoms with E-state index in [0.29, 0.717) is 32.0 Å². The number of rotatable bonds is 7. The summed E-state index contributed by atoms with van der Waals surface area (Å²) in [5, 5.41) is 7.58. The number of hydrazone groups is 1. The number of halogens is 1. The molecular formula is C25H25FN8OS. The van der Waals surface area contributed by atoms with Crippen LogP contribution in [0.25, 0.3) is 5.57 Å². The van der Waals surface area contributed by atoms with Crippen molar-refractivity contribution in [2.24, 2.45) is 5.10 Å². The van der Waals surface area contributed by atoms with E-state index in [2.05, 4.69) is 60.9 Å². The van der Waals surface area contributed by atoms with Crippen molar-refractivity contribution < 1.29 is 9.13 Å². The van der Waals surface area contributed by atoms with Crippen LogP contribution in [0.3, 0.4) is 0 Å². The fourth-order valence-electron chi connectivity index (χ4n) is 3.75. The van der Waals surface area contributed by atoms with Crippen molar-refractivity contribution in [3.8, 4) is 0 Å². The van der Waals surface area contributed by atoms with Crippen molar-refractivity contribution in [1.82, 2.24) is 19.9 Å². The van der Waals surface area contributed by atoms with Crippen LogP contribution in [0.4, 0.5) is 21.8 Å². The number of ether oxygens (including phenoxy) is 1. The van der Waals surface area contributed by atoms with E-state index >= 15 is 0 Å². The number of pyridine rings is 1. The molecule has 184 valence electrons. The summed E-state index contributed by atoms with van der Waals surface area (Å²) in [6, 6.07) is 3.79. The van der Waals surface area contributed by atoms with Gasteiger partial charge in [-0.15, -0.1) is 11.3 Å². The lowest BCUT2D eigenvalue weighted by molar-refractivity contribution is 0.122. The molecule has 3 aromatic heterocycles. The maximum atomic E-state index is 14.2. The summed E-state index contributed by atoms with van der Waals surface area (Å²) in [7, 11) is 0. The summed E-state index contributed by atoms with van der Waals surface area (Å²) in [6.07, 6.45) is 13.7. The topological polar surface area (TPSA) is 100 Å². The summed E-state index contributed by atoms with van der Waals surface area (Å²) in [6.45, 7) is 4.35. The summed E-state index contributed by atoms with van der Waals surface area (Å²) in [5.74, 6) is -0.0237. The predicted molar refractivity (Wildman–Crippen MR) is 141 cm³/mol. The molecule has 36 heavy (non-hydrogen) atoms. The molecule has 0 aromatic carbocycles. The van der Waals surface area contributed by atoms with Gasteiger partial charge in [-0.3, -0.25) is 9.97 Å². The first kappa shape index (κ1) is 23.8. The Morgan fingerprint density at radius 3 is 2.81 bits per heavy atom. The average molecular weight is 505 g/mol. The summed E-state index contributed by atoms with van der Waals surface area (Å²) >= 11 is 1.62. The molecule has 1 aliphatic heterocycles. The second kappa shape index (κ2) is 11.2. The number of nitrogens with one attached hydrogen (secondary N) is 2. The molecule has 2 aliphatic rings. The number of allylic oxidation sites excluding steroid dienone is 5. The van der Waals surface area contributed by atoms with E-state index in [9.17, 15) is 4.39 Å². The number of thiazole rings is 1. The van der Waals surface area contributed by atoms with Crippen molar-refractivity contribution in [1.29, 1.82) is 0 Å². The van der Waals surface area contributed by atoms with E-state index in [4.69, 9.17) is 4.74 Å². The van der Waals surface area contributed by atoms with Gasteiger partial charge in [-0.1, -0.05) is 11.6 Å². The summed E-state index contributed by atoms with van der Waals surface area (Å²) in [5.41, 5.74) is 9.49. The average Bonchev–Trinajstić information content (AvgIpc) is 3.37. The lowest BCUT2D eigenvalue weighted by Crippen LogP contribution is -2.37. The number of nitrogens with zero attached hydrogens (tertiary/aromatic N) is 6. The van der Waals surface area contributed by atoms with Crippen LogP contribution in [-0.2, 0) is 4.74 Å². The van der Waals surface area contributed by atoms with E-state index in [-0.39, 0.29) is 11.8 Å². The molecule has 0 bridgehead atoms. The Hall–Kier alpha value is -3.96. The van der Waals surface area contributed by atoms with Gasteiger partial charge in [0, 0.05) is 25.0 Å². The smallest absolute Gasteiger partial charge is 0.245 e. The Morgan fingerprint density at radius 1 is 1.14 bits per heavy atom. The van der Waals surface area contributed by atoms with Gasteiger partial charge in [0.1, 0.15) is 0 Å². The molecule has 2 N–H and O–H groups in total. The van der Waals surface area contributed by atoms with Crippen LogP contribution in [0.2, 0.25) is 0 Å². The van der Waals surface area contributed by atoms with Gasteiger partial charge < -0.3 is 15.0 Å². The fourth-order valence-corrected chi connectivity index (χ4v) is 4.39. The summed E-state index contributed by atoms with van der Waals surface area (Å²) < 4.78 is 19.5. The number of hydrogen-bond acceptors (Lipinski definition) is 10. The van der Waals surface area contributed by atoms with Gasteiger partial charge in [0.05, 0.1) is 53.6 Å². The molecule has 0 amide bonds. The van der Waals surface area contributed by atoms with Crippen LogP contribution in [-0.4, -0.2) is 52.5 Å². The number of aromatic nitrogens is 4. The first-order valence-corrected chi connectivity index (χ1v) is 12.4. The van der Waals surface area contributed by atoms with Gasteiger partial charge in [-0.25, -0.2) is 14.8 Å².